The summed E-state index contributed by atoms with van der Waals surface area (Å²) < 4.78 is 23.5. The minimum atomic E-state index is -1.18. The molecule has 2 aromatic heterocycles. The van der Waals surface area contributed by atoms with Crippen LogP contribution in [0.5, 0.6) is 5.75 Å². The van der Waals surface area contributed by atoms with Gasteiger partial charge in [-0.1, -0.05) is 23.2 Å². The number of carbonyl (C=O) groups is 2. The maximum Gasteiger partial charge on any atom is 0.259 e. The number of fused-ring (bicyclic) bond motifs is 1. The van der Waals surface area contributed by atoms with Crippen LogP contribution in [-0.2, 0) is 23.2 Å². The summed E-state index contributed by atoms with van der Waals surface area (Å²) >= 11 is 13.6. The van der Waals surface area contributed by atoms with Gasteiger partial charge < -0.3 is 19.5 Å². The van der Waals surface area contributed by atoms with Gasteiger partial charge in [0, 0.05) is 86.6 Å². The van der Waals surface area contributed by atoms with E-state index in [1.807, 2.05) is 42.6 Å². The number of nitrogens with zero attached hydrogens (tertiary/aromatic N) is 4. The third-order valence-corrected chi connectivity index (χ3v) is 11.9. The van der Waals surface area contributed by atoms with Crippen molar-refractivity contribution in [3.05, 3.63) is 81.0 Å². The number of aryl methyl sites for hydroxylation is 1. The van der Waals surface area contributed by atoms with Gasteiger partial charge in [-0.05, 0) is 98.2 Å². The number of carbonyl (C=O) groups excluding carboxylic acids is 2. The van der Waals surface area contributed by atoms with Gasteiger partial charge in [0.05, 0.1) is 23.2 Å². The predicted octanol–water partition coefficient (Wildman–Crippen LogP) is 7.13. The predicted molar refractivity (Wildman–Crippen MR) is 208 cm³/mol. The fraction of sp³-hybridized carbons (Fsp3) is 0.450. The fourth-order valence-corrected chi connectivity index (χ4v) is 8.61. The van der Waals surface area contributed by atoms with Gasteiger partial charge >= 0.3 is 0 Å². The molecule has 3 saturated heterocycles. The monoisotopic (exact) mass is 762 g/mol. The molecular formula is C40H45Cl2FN6O4. The van der Waals surface area contributed by atoms with Crippen LogP contribution in [0.25, 0.3) is 21.9 Å². The number of likely N-dealkylation sites (tertiary alicyclic amines) is 1. The van der Waals surface area contributed by atoms with E-state index in [-0.39, 0.29) is 17.4 Å². The van der Waals surface area contributed by atoms with Crippen molar-refractivity contribution in [2.45, 2.75) is 69.6 Å². The molecule has 3 fully saturated rings. The van der Waals surface area contributed by atoms with Crippen LogP contribution in [0.1, 0.15) is 56.9 Å². The number of alkyl halides is 1. The molecule has 0 bridgehead atoms. The number of nitrogens with one attached hydrogen (secondary N) is 2. The van der Waals surface area contributed by atoms with Gasteiger partial charge in [0.15, 0.2) is 0 Å². The Morgan fingerprint density at radius 2 is 1.77 bits per heavy atom. The van der Waals surface area contributed by atoms with Crippen molar-refractivity contribution >= 4 is 57.2 Å². The molecule has 1 atom stereocenters. The molecule has 2 amide bonds. The molecule has 0 radical (unpaired) electrons. The van der Waals surface area contributed by atoms with Gasteiger partial charge in [-0.25, -0.2) is 4.39 Å². The van der Waals surface area contributed by atoms with E-state index in [2.05, 4.69) is 25.4 Å². The largest absolute Gasteiger partial charge is 0.496 e. The van der Waals surface area contributed by atoms with Gasteiger partial charge in [0.2, 0.25) is 11.8 Å². The van der Waals surface area contributed by atoms with Crippen molar-refractivity contribution in [2.75, 3.05) is 43.5 Å². The van der Waals surface area contributed by atoms with Crippen molar-refractivity contribution in [2.24, 2.45) is 13.0 Å². The zero-order valence-corrected chi connectivity index (χ0v) is 31.6. The standard InChI is InChI=1S/C40H45Cl2FN6O4/c1-47-23-30(28-8-14-44-22-29(28)39(47)52)26-19-32(41)31(36(20-26)53-2)24-48-17-12-40(43,13-18-48)11-7-25-9-15-49(16-10-25)35-5-3-27(21-33(35)42)45-34-4-6-37(50)46-38(34)51/h3,5,8,14,19-23,25,34,45H,4,6-7,9-13,15-18,24H2,1-2H3,(H,46,50,51). The summed E-state index contributed by atoms with van der Waals surface area (Å²) in [6, 6.07) is 11.0. The second-order valence-corrected chi connectivity index (χ2v) is 15.5. The van der Waals surface area contributed by atoms with Crippen molar-refractivity contribution < 1.29 is 18.7 Å². The number of rotatable bonds is 10. The number of ether oxygens (including phenoxy) is 1. The van der Waals surface area contributed by atoms with E-state index < -0.39 is 11.7 Å². The Morgan fingerprint density at radius 3 is 2.49 bits per heavy atom. The molecule has 10 nitrogen and oxygen atoms in total. The average molecular weight is 764 g/mol. The summed E-state index contributed by atoms with van der Waals surface area (Å²) in [7, 11) is 3.35. The number of imide groups is 1. The molecule has 5 heterocycles. The van der Waals surface area contributed by atoms with Crippen LogP contribution in [-0.4, -0.2) is 71.3 Å². The van der Waals surface area contributed by atoms with Gasteiger partial charge in [-0.2, -0.15) is 0 Å². The number of hydrogen-bond donors (Lipinski definition) is 2. The van der Waals surface area contributed by atoms with Crippen LogP contribution in [0.4, 0.5) is 15.8 Å². The quantitative estimate of drug-likeness (QED) is 0.164. The molecule has 2 N–H and O–H groups in total. The molecule has 280 valence electrons. The van der Waals surface area contributed by atoms with Crippen molar-refractivity contribution in [1.82, 2.24) is 19.8 Å². The number of anilines is 2. The maximum absolute atomic E-state index is 16.2. The van der Waals surface area contributed by atoms with Gasteiger partial charge in [0.1, 0.15) is 17.5 Å². The van der Waals surface area contributed by atoms with Crippen LogP contribution in [0, 0.1) is 5.92 Å². The molecule has 7 rings (SSSR count). The first-order chi connectivity index (χ1) is 25.5. The highest BCUT2D eigenvalue weighted by Crippen LogP contribution is 2.40. The number of aromatic nitrogens is 2. The Hall–Kier alpha value is -4.19. The maximum atomic E-state index is 16.2. The highest BCUT2D eigenvalue weighted by atomic mass is 35.5. The van der Waals surface area contributed by atoms with E-state index in [9.17, 15) is 14.4 Å². The van der Waals surface area contributed by atoms with E-state index in [1.54, 1.807) is 31.1 Å². The Labute approximate surface area is 318 Å². The first kappa shape index (κ1) is 37.1. The number of methoxy groups -OCH3 is 1. The van der Waals surface area contributed by atoms with Crippen LogP contribution in [0.3, 0.4) is 0 Å². The topological polar surface area (TPSA) is 109 Å². The van der Waals surface area contributed by atoms with Crippen molar-refractivity contribution in [3.63, 3.8) is 0 Å². The smallest absolute Gasteiger partial charge is 0.259 e. The lowest BCUT2D eigenvalue weighted by molar-refractivity contribution is -0.133. The first-order valence-corrected chi connectivity index (χ1v) is 19.1. The summed E-state index contributed by atoms with van der Waals surface area (Å²) in [4.78, 5) is 45.0. The van der Waals surface area contributed by atoms with Crippen LogP contribution in [0.2, 0.25) is 10.0 Å². The number of pyridine rings is 2. The highest BCUT2D eigenvalue weighted by Gasteiger charge is 2.36. The molecule has 1 unspecified atom stereocenters. The zero-order valence-electron chi connectivity index (χ0n) is 30.1. The molecule has 3 aliphatic rings. The Kier molecular flexibility index (Phi) is 11.0. The number of benzene rings is 2. The lowest BCUT2D eigenvalue weighted by atomic mass is 9.83. The van der Waals surface area contributed by atoms with Crippen LogP contribution >= 0.6 is 23.2 Å². The lowest BCUT2D eigenvalue weighted by Gasteiger charge is -2.39. The minimum absolute atomic E-state index is 0.112. The van der Waals surface area contributed by atoms with E-state index in [1.165, 1.54) is 0 Å². The summed E-state index contributed by atoms with van der Waals surface area (Å²) in [5.41, 5.74) is 2.98. The molecule has 2 aromatic carbocycles. The minimum Gasteiger partial charge on any atom is -0.496 e. The van der Waals surface area contributed by atoms with Crippen molar-refractivity contribution in [3.8, 4) is 16.9 Å². The molecule has 0 aliphatic carbocycles. The molecule has 0 saturated carbocycles. The Bertz CT molecular complexity index is 2080. The molecule has 0 spiro atoms. The zero-order chi connectivity index (χ0) is 37.3. The van der Waals surface area contributed by atoms with Gasteiger partial charge in [0.25, 0.3) is 5.56 Å². The van der Waals surface area contributed by atoms with E-state index >= 15 is 4.39 Å². The summed E-state index contributed by atoms with van der Waals surface area (Å²) in [5.74, 6) is 0.565. The number of piperidine rings is 3. The summed E-state index contributed by atoms with van der Waals surface area (Å²) in [5, 5.41) is 8.08. The number of amides is 2. The van der Waals surface area contributed by atoms with Gasteiger partial charge in [-0.3, -0.25) is 29.6 Å². The van der Waals surface area contributed by atoms with Crippen LogP contribution < -0.4 is 25.8 Å². The fourth-order valence-electron chi connectivity index (χ4n) is 8.04. The van der Waals surface area contributed by atoms with Crippen LogP contribution in [0.15, 0.2) is 59.8 Å². The second kappa shape index (κ2) is 15.7. The normalized spacial score (nSPS) is 19.7. The third-order valence-electron chi connectivity index (χ3n) is 11.3. The van der Waals surface area contributed by atoms with Gasteiger partial charge in [-0.15, -0.1) is 0 Å². The Balaban J connectivity index is 0.903. The van der Waals surface area contributed by atoms with E-state index in [0.717, 1.165) is 65.8 Å². The SMILES string of the molecule is COc1cc(-c2cn(C)c(=O)c3cnccc23)cc(Cl)c1CN1CCC(F)(CCC2CCN(c3ccc(NC4CCC(=O)NC4=O)cc3Cl)CC2)CC1. The molecule has 53 heavy (non-hydrogen) atoms. The number of hydrogen-bond acceptors (Lipinski definition) is 8. The second-order valence-electron chi connectivity index (χ2n) is 14.7. The highest BCUT2D eigenvalue weighted by molar-refractivity contribution is 6.33. The lowest BCUT2D eigenvalue weighted by Crippen LogP contribution is -2.47. The van der Waals surface area contributed by atoms with E-state index in [4.69, 9.17) is 27.9 Å². The van der Waals surface area contributed by atoms with Crippen molar-refractivity contribution in [1.29, 1.82) is 0 Å². The summed E-state index contributed by atoms with van der Waals surface area (Å²) in [6.07, 6.45) is 10.2. The van der Waals surface area contributed by atoms with E-state index in [0.29, 0.717) is 78.8 Å². The third kappa shape index (κ3) is 8.17. The molecule has 4 aromatic rings. The Morgan fingerprint density at radius 1 is 1.00 bits per heavy atom. The molecule has 13 heteroatoms. The number of halogens is 3. The first-order valence-electron chi connectivity index (χ1n) is 18.4. The average Bonchev–Trinajstić information content (AvgIpc) is 3.15. The molecule has 3 aliphatic heterocycles. The molecular weight excluding hydrogens is 718 g/mol. The summed E-state index contributed by atoms with van der Waals surface area (Å²) in [6.45, 7) is 3.55.